The predicted octanol–water partition coefficient (Wildman–Crippen LogP) is 3.62. The first kappa shape index (κ1) is 15.4. The molecule has 2 aliphatic rings. The third-order valence-electron chi connectivity index (χ3n) is 3.76. The summed E-state index contributed by atoms with van der Waals surface area (Å²) >= 11 is 0. The van der Waals surface area contributed by atoms with E-state index in [-0.39, 0.29) is 5.92 Å². The van der Waals surface area contributed by atoms with Crippen LogP contribution >= 0.6 is 0 Å². The third kappa shape index (κ3) is 4.81. The number of amides is 1. The Morgan fingerprint density at radius 3 is 2.95 bits per heavy atom. The number of hydrogen-bond donors (Lipinski definition) is 0. The van der Waals surface area contributed by atoms with Gasteiger partial charge in [0.25, 0.3) is 0 Å². The van der Waals surface area contributed by atoms with E-state index in [0.29, 0.717) is 12.6 Å². The summed E-state index contributed by atoms with van der Waals surface area (Å²) in [5.41, 5.74) is 5.65. The van der Waals surface area contributed by atoms with Crippen LogP contribution in [0.15, 0.2) is 41.2 Å². The Bertz CT molecular complexity index is 560. The molecule has 2 rings (SSSR count). The molecule has 0 aromatic rings. The quantitative estimate of drug-likeness (QED) is 0.413. The number of carbonyl (C=O) groups is 1. The molecular formula is C19H23NO. The Balaban J connectivity index is 2.09. The lowest BCUT2D eigenvalue weighted by Crippen LogP contribution is -2.29. The van der Waals surface area contributed by atoms with Crippen LogP contribution in [-0.2, 0) is 4.79 Å². The summed E-state index contributed by atoms with van der Waals surface area (Å²) in [6.07, 6.45) is 13.3. The monoisotopic (exact) mass is 281 g/mol. The van der Waals surface area contributed by atoms with Crippen molar-refractivity contribution in [2.24, 2.45) is 5.92 Å². The lowest BCUT2D eigenvalue weighted by Gasteiger charge is -2.19. The van der Waals surface area contributed by atoms with E-state index in [0.717, 1.165) is 32.1 Å². The second kappa shape index (κ2) is 7.72. The fourth-order valence-electron chi connectivity index (χ4n) is 2.28. The first-order valence-electron chi connectivity index (χ1n) is 7.73. The molecule has 1 atom stereocenters. The van der Waals surface area contributed by atoms with Gasteiger partial charge in [0, 0.05) is 19.0 Å². The molecule has 1 amide bonds. The molecule has 0 radical (unpaired) electrons. The molecular weight excluding hydrogens is 258 g/mol. The van der Waals surface area contributed by atoms with E-state index >= 15 is 0 Å². The summed E-state index contributed by atoms with van der Waals surface area (Å²) in [7, 11) is 0. The lowest BCUT2D eigenvalue weighted by molar-refractivity contribution is -0.118. The molecule has 0 saturated heterocycles. The Morgan fingerprint density at radius 2 is 2.29 bits per heavy atom. The van der Waals surface area contributed by atoms with Gasteiger partial charge in [0.2, 0.25) is 6.41 Å². The van der Waals surface area contributed by atoms with Crippen molar-refractivity contribution in [3.05, 3.63) is 41.2 Å². The SMILES string of the molecule is CCC=C=CC1=C(C)CC#CC(CN(C=O)C2CC2)C=C1. The second-order valence-corrected chi connectivity index (χ2v) is 5.66. The maximum atomic E-state index is 11.1. The zero-order valence-electron chi connectivity index (χ0n) is 12.9. The molecule has 1 unspecified atom stereocenters. The molecule has 0 aromatic carbocycles. The van der Waals surface area contributed by atoms with Crippen LogP contribution in [0.3, 0.4) is 0 Å². The van der Waals surface area contributed by atoms with Gasteiger partial charge >= 0.3 is 0 Å². The number of hydrogen-bond acceptors (Lipinski definition) is 1. The van der Waals surface area contributed by atoms with Crippen molar-refractivity contribution in [1.29, 1.82) is 0 Å². The van der Waals surface area contributed by atoms with E-state index in [4.69, 9.17) is 0 Å². The van der Waals surface area contributed by atoms with E-state index in [1.165, 1.54) is 11.1 Å². The average molecular weight is 281 g/mol. The van der Waals surface area contributed by atoms with Gasteiger partial charge in [-0.25, -0.2) is 0 Å². The number of nitrogens with zero attached hydrogens (tertiary/aromatic N) is 1. The van der Waals surface area contributed by atoms with Gasteiger partial charge in [-0.3, -0.25) is 4.79 Å². The van der Waals surface area contributed by atoms with E-state index < -0.39 is 0 Å². The normalized spacial score (nSPS) is 20.6. The summed E-state index contributed by atoms with van der Waals surface area (Å²) in [6, 6.07) is 0.451. The minimum atomic E-state index is 0.127. The van der Waals surface area contributed by atoms with Crippen LogP contribution in [0.2, 0.25) is 0 Å². The van der Waals surface area contributed by atoms with Crippen molar-refractivity contribution in [1.82, 2.24) is 4.90 Å². The zero-order chi connectivity index (χ0) is 15.1. The van der Waals surface area contributed by atoms with Gasteiger partial charge in [0.05, 0.1) is 5.92 Å². The summed E-state index contributed by atoms with van der Waals surface area (Å²) in [4.78, 5) is 13.0. The minimum absolute atomic E-state index is 0.127. The summed E-state index contributed by atoms with van der Waals surface area (Å²) in [6.45, 7) is 4.92. The fourth-order valence-corrected chi connectivity index (χ4v) is 2.28. The van der Waals surface area contributed by atoms with E-state index in [1.807, 2.05) is 17.1 Å². The highest BCUT2D eigenvalue weighted by Gasteiger charge is 2.28. The Hall–Kier alpha value is -1.97. The summed E-state index contributed by atoms with van der Waals surface area (Å²) < 4.78 is 0. The lowest BCUT2D eigenvalue weighted by atomic mass is 9.99. The van der Waals surface area contributed by atoms with Crippen molar-refractivity contribution in [3.63, 3.8) is 0 Å². The number of carbonyl (C=O) groups excluding carboxylic acids is 1. The van der Waals surface area contributed by atoms with Gasteiger partial charge in [0.1, 0.15) is 0 Å². The first-order valence-corrected chi connectivity index (χ1v) is 7.73. The predicted molar refractivity (Wildman–Crippen MR) is 86.5 cm³/mol. The van der Waals surface area contributed by atoms with Crippen LogP contribution in [0.1, 0.15) is 39.5 Å². The Morgan fingerprint density at radius 1 is 1.48 bits per heavy atom. The van der Waals surface area contributed by atoms with Gasteiger partial charge in [0.15, 0.2) is 0 Å². The van der Waals surface area contributed by atoms with E-state index in [1.54, 1.807) is 0 Å². The van der Waals surface area contributed by atoms with Crippen molar-refractivity contribution in [3.8, 4) is 11.8 Å². The van der Waals surface area contributed by atoms with Crippen molar-refractivity contribution in [2.75, 3.05) is 6.54 Å². The Labute approximate surface area is 127 Å². The first-order chi connectivity index (χ1) is 10.2. The van der Waals surface area contributed by atoms with Crippen molar-refractivity contribution >= 4 is 6.41 Å². The van der Waals surface area contributed by atoms with Crippen molar-refractivity contribution < 1.29 is 4.79 Å². The largest absolute Gasteiger partial charge is 0.341 e. The zero-order valence-corrected chi connectivity index (χ0v) is 12.9. The molecule has 2 nitrogen and oxygen atoms in total. The van der Waals surface area contributed by atoms with Crippen LogP contribution < -0.4 is 0 Å². The summed E-state index contributed by atoms with van der Waals surface area (Å²) in [5.74, 6) is 6.64. The Kier molecular flexibility index (Phi) is 5.67. The highest BCUT2D eigenvalue weighted by Crippen LogP contribution is 2.26. The molecule has 21 heavy (non-hydrogen) atoms. The fraction of sp³-hybridized carbons (Fsp3) is 0.474. The molecule has 0 aliphatic heterocycles. The highest BCUT2D eigenvalue weighted by atomic mass is 16.1. The van der Waals surface area contributed by atoms with Crippen LogP contribution in [0.25, 0.3) is 0 Å². The molecule has 2 heteroatoms. The van der Waals surface area contributed by atoms with Crippen LogP contribution in [0.4, 0.5) is 0 Å². The number of allylic oxidation sites excluding steroid dienone is 4. The molecule has 0 bridgehead atoms. The molecule has 1 saturated carbocycles. The molecule has 110 valence electrons. The second-order valence-electron chi connectivity index (χ2n) is 5.66. The maximum absolute atomic E-state index is 11.1. The van der Waals surface area contributed by atoms with Crippen LogP contribution in [0.5, 0.6) is 0 Å². The highest BCUT2D eigenvalue weighted by molar-refractivity contribution is 5.49. The van der Waals surface area contributed by atoms with E-state index in [9.17, 15) is 4.79 Å². The van der Waals surface area contributed by atoms with Gasteiger partial charge < -0.3 is 4.90 Å². The van der Waals surface area contributed by atoms with Crippen LogP contribution in [-0.4, -0.2) is 23.9 Å². The van der Waals surface area contributed by atoms with Gasteiger partial charge in [-0.05, 0) is 43.9 Å². The van der Waals surface area contributed by atoms with Crippen molar-refractivity contribution in [2.45, 2.75) is 45.6 Å². The topological polar surface area (TPSA) is 20.3 Å². The molecule has 0 spiro atoms. The molecule has 0 aromatic heterocycles. The van der Waals surface area contributed by atoms with Gasteiger partial charge in [-0.2, -0.15) is 0 Å². The molecule has 1 fully saturated rings. The van der Waals surface area contributed by atoms with Gasteiger partial charge in [-0.1, -0.05) is 36.5 Å². The smallest absolute Gasteiger partial charge is 0.210 e. The molecule has 0 N–H and O–H groups in total. The van der Waals surface area contributed by atoms with Crippen LogP contribution in [0, 0.1) is 17.8 Å². The number of rotatable bonds is 6. The standard InChI is InChI=1S/C19H23NO/c1-3-4-5-9-18-11-10-17(8-6-7-16(18)2)14-20(15-21)19-12-13-19/h4,9-11,15,17,19H,3,7,12-14H2,1-2H3. The molecule has 2 aliphatic carbocycles. The molecule has 0 heterocycles. The summed E-state index contributed by atoms with van der Waals surface area (Å²) in [5, 5.41) is 0. The third-order valence-corrected chi connectivity index (χ3v) is 3.76. The van der Waals surface area contributed by atoms with E-state index in [2.05, 4.69) is 43.6 Å². The average Bonchev–Trinajstić information content (AvgIpc) is 3.29. The maximum Gasteiger partial charge on any atom is 0.210 e. The van der Waals surface area contributed by atoms with Gasteiger partial charge in [-0.15, -0.1) is 5.73 Å². The minimum Gasteiger partial charge on any atom is -0.341 e.